The van der Waals surface area contributed by atoms with Crippen LogP contribution in [-0.4, -0.2) is 6.54 Å². The van der Waals surface area contributed by atoms with Crippen LogP contribution in [0.1, 0.15) is 45.6 Å². The van der Waals surface area contributed by atoms with Gasteiger partial charge in [-0.05, 0) is 30.4 Å². The lowest BCUT2D eigenvalue weighted by Crippen LogP contribution is -2.26. The minimum atomic E-state index is 0.828. The molecule has 1 nitrogen and oxygen atoms in total. The van der Waals surface area contributed by atoms with Crippen molar-refractivity contribution in [1.29, 1.82) is 0 Å². The predicted molar refractivity (Wildman–Crippen MR) is 76.0 cm³/mol. The third-order valence-corrected chi connectivity index (χ3v) is 3.69. The van der Waals surface area contributed by atoms with Crippen LogP contribution in [-0.2, 0) is 6.54 Å². The lowest BCUT2D eigenvalue weighted by Gasteiger charge is -2.23. The van der Waals surface area contributed by atoms with Crippen molar-refractivity contribution in [2.75, 3.05) is 6.54 Å². The number of nitrogens with one attached hydrogen (secondary N) is 1. The van der Waals surface area contributed by atoms with Crippen molar-refractivity contribution in [1.82, 2.24) is 5.32 Å². The van der Waals surface area contributed by atoms with E-state index in [9.17, 15) is 0 Å². The van der Waals surface area contributed by atoms with Crippen molar-refractivity contribution in [2.45, 2.75) is 46.6 Å². The first kappa shape index (κ1) is 14.2. The SMILES string of the molecule is CCCC(CNCc1ccccc1)C(C)CC. The van der Waals surface area contributed by atoms with Gasteiger partial charge >= 0.3 is 0 Å². The molecule has 0 radical (unpaired) electrons. The van der Waals surface area contributed by atoms with Crippen LogP contribution in [0.15, 0.2) is 30.3 Å². The second-order valence-electron chi connectivity index (χ2n) is 5.05. The lowest BCUT2D eigenvalue weighted by atomic mass is 9.88. The van der Waals surface area contributed by atoms with Crippen LogP contribution in [0.2, 0.25) is 0 Å². The molecule has 0 amide bonds. The van der Waals surface area contributed by atoms with E-state index in [1.807, 2.05) is 0 Å². The van der Waals surface area contributed by atoms with Crippen molar-refractivity contribution in [3.05, 3.63) is 35.9 Å². The standard InChI is InChI=1S/C16H27N/c1-4-9-16(14(3)5-2)13-17-12-15-10-7-6-8-11-15/h6-8,10-11,14,16-17H,4-5,9,12-13H2,1-3H3. The lowest BCUT2D eigenvalue weighted by molar-refractivity contribution is 0.309. The molecule has 0 fully saturated rings. The summed E-state index contributed by atoms with van der Waals surface area (Å²) in [6.45, 7) is 9.11. The van der Waals surface area contributed by atoms with Crippen molar-refractivity contribution in [3.63, 3.8) is 0 Å². The molecule has 1 aromatic carbocycles. The van der Waals surface area contributed by atoms with Gasteiger partial charge in [0.1, 0.15) is 0 Å². The van der Waals surface area contributed by atoms with E-state index in [1.54, 1.807) is 0 Å². The fourth-order valence-corrected chi connectivity index (χ4v) is 2.29. The van der Waals surface area contributed by atoms with Gasteiger partial charge in [-0.2, -0.15) is 0 Å². The second-order valence-corrected chi connectivity index (χ2v) is 5.05. The van der Waals surface area contributed by atoms with Crippen LogP contribution in [0.3, 0.4) is 0 Å². The topological polar surface area (TPSA) is 12.0 Å². The van der Waals surface area contributed by atoms with Crippen LogP contribution >= 0.6 is 0 Å². The Morgan fingerprint density at radius 2 is 1.82 bits per heavy atom. The molecule has 1 rings (SSSR count). The number of rotatable bonds is 8. The number of benzene rings is 1. The van der Waals surface area contributed by atoms with Gasteiger partial charge in [0.25, 0.3) is 0 Å². The monoisotopic (exact) mass is 233 g/mol. The first-order chi connectivity index (χ1) is 8.27. The van der Waals surface area contributed by atoms with Crippen molar-refractivity contribution in [2.24, 2.45) is 11.8 Å². The smallest absolute Gasteiger partial charge is 0.0205 e. The third kappa shape index (κ3) is 5.36. The molecule has 0 spiro atoms. The molecule has 1 heteroatoms. The Morgan fingerprint density at radius 3 is 2.41 bits per heavy atom. The molecular weight excluding hydrogens is 206 g/mol. The largest absolute Gasteiger partial charge is 0.312 e. The van der Waals surface area contributed by atoms with E-state index in [1.165, 1.54) is 24.8 Å². The molecule has 96 valence electrons. The summed E-state index contributed by atoms with van der Waals surface area (Å²) in [6.07, 6.45) is 3.93. The molecule has 0 heterocycles. The quantitative estimate of drug-likeness (QED) is 0.708. The summed E-state index contributed by atoms with van der Waals surface area (Å²) in [7, 11) is 0. The summed E-state index contributed by atoms with van der Waals surface area (Å²) in [5.74, 6) is 1.66. The zero-order valence-electron chi connectivity index (χ0n) is 11.6. The van der Waals surface area contributed by atoms with E-state index in [-0.39, 0.29) is 0 Å². The van der Waals surface area contributed by atoms with E-state index in [0.29, 0.717) is 0 Å². The summed E-state index contributed by atoms with van der Waals surface area (Å²) < 4.78 is 0. The van der Waals surface area contributed by atoms with Gasteiger partial charge in [-0.15, -0.1) is 0 Å². The Labute approximate surface area is 107 Å². The van der Waals surface area contributed by atoms with Crippen LogP contribution < -0.4 is 5.32 Å². The third-order valence-electron chi connectivity index (χ3n) is 3.69. The first-order valence-corrected chi connectivity index (χ1v) is 7.02. The Hall–Kier alpha value is -0.820. The Balaban J connectivity index is 2.32. The van der Waals surface area contributed by atoms with Crippen LogP contribution in [0.4, 0.5) is 0 Å². The summed E-state index contributed by atoms with van der Waals surface area (Å²) >= 11 is 0. The first-order valence-electron chi connectivity index (χ1n) is 7.02. The maximum atomic E-state index is 3.60. The summed E-state index contributed by atoms with van der Waals surface area (Å²) in [5.41, 5.74) is 1.38. The molecule has 0 aliphatic rings. The summed E-state index contributed by atoms with van der Waals surface area (Å²) in [6, 6.07) is 10.7. The normalized spacial score (nSPS) is 14.5. The minimum Gasteiger partial charge on any atom is -0.312 e. The highest BCUT2D eigenvalue weighted by Gasteiger charge is 2.14. The van der Waals surface area contributed by atoms with E-state index in [0.717, 1.165) is 24.9 Å². The van der Waals surface area contributed by atoms with E-state index in [2.05, 4.69) is 56.4 Å². The number of hydrogen-bond donors (Lipinski definition) is 1. The average Bonchev–Trinajstić information content (AvgIpc) is 2.38. The molecule has 2 unspecified atom stereocenters. The highest BCUT2D eigenvalue weighted by atomic mass is 14.9. The van der Waals surface area contributed by atoms with Crippen LogP contribution in [0, 0.1) is 11.8 Å². The van der Waals surface area contributed by atoms with Crippen LogP contribution in [0.25, 0.3) is 0 Å². The van der Waals surface area contributed by atoms with Gasteiger partial charge in [0, 0.05) is 6.54 Å². The van der Waals surface area contributed by atoms with E-state index in [4.69, 9.17) is 0 Å². The van der Waals surface area contributed by atoms with Crippen molar-refractivity contribution >= 4 is 0 Å². The van der Waals surface area contributed by atoms with Gasteiger partial charge in [0.05, 0.1) is 0 Å². The molecule has 0 aliphatic heterocycles. The van der Waals surface area contributed by atoms with Crippen molar-refractivity contribution in [3.8, 4) is 0 Å². The predicted octanol–water partition coefficient (Wildman–Crippen LogP) is 4.24. The Kier molecular flexibility index (Phi) is 6.95. The van der Waals surface area contributed by atoms with Gasteiger partial charge in [-0.1, -0.05) is 63.9 Å². The molecule has 17 heavy (non-hydrogen) atoms. The summed E-state index contributed by atoms with van der Waals surface area (Å²) in [4.78, 5) is 0. The fraction of sp³-hybridized carbons (Fsp3) is 0.625. The zero-order valence-corrected chi connectivity index (χ0v) is 11.6. The molecule has 0 bridgehead atoms. The van der Waals surface area contributed by atoms with Gasteiger partial charge in [-0.3, -0.25) is 0 Å². The van der Waals surface area contributed by atoms with E-state index < -0.39 is 0 Å². The fourth-order valence-electron chi connectivity index (χ4n) is 2.29. The second kappa shape index (κ2) is 8.30. The number of hydrogen-bond acceptors (Lipinski definition) is 1. The van der Waals surface area contributed by atoms with E-state index >= 15 is 0 Å². The van der Waals surface area contributed by atoms with Gasteiger partial charge in [-0.25, -0.2) is 0 Å². The summed E-state index contributed by atoms with van der Waals surface area (Å²) in [5, 5.41) is 3.60. The molecule has 0 saturated heterocycles. The molecule has 0 saturated carbocycles. The molecule has 1 aromatic rings. The highest BCUT2D eigenvalue weighted by molar-refractivity contribution is 5.14. The van der Waals surface area contributed by atoms with Gasteiger partial charge < -0.3 is 5.32 Å². The average molecular weight is 233 g/mol. The Bertz CT molecular complexity index is 281. The van der Waals surface area contributed by atoms with Crippen molar-refractivity contribution < 1.29 is 0 Å². The highest BCUT2D eigenvalue weighted by Crippen LogP contribution is 2.19. The Morgan fingerprint density at radius 1 is 1.12 bits per heavy atom. The zero-order chi connectivity index (χ0) is 12.5. The molecule has 0 aromatic heterocycles. The van der Waals surface area contributed by atoms with Crippen LogP contribution in [0.5, 0.6) is 0 Å². The minimum absolute atomic E-state index is 0.828. The molecule has 2 atom stereocenters. The molecule has 0 aliphatic carbocycles. The molecule has 1 N–H and O–H groups in total. The van der Waals surface area contributed by atoms with Gasteiger partial charge in [0.2, 0.25) is 0 Å². The maximum Gasteiger partial charge on any atom is 0.0205 e. The molecular formula is C16H27N. The van der Waals surface area contributed by atoms with Gasteiger partial charge in [0.15, 0.2) is 0 Å². The maximum absolute atomic E-state index is 3.60.